The van der Waals surface area contributed by atoms with Crippen molar-refractivity contribution in [3.05, 3.63) is 65.7 Å². The number of para-hydroxylation sites is 1. The molecule has 4 rings (SSSR count). The molecule has 0 saturated carbocycles. The van der Waals surface area contributed by atoms with Crippen LogP contribution in [0.3, 0.4) is 0 Å². The number of fused-ring (bicyclic) bond motifs is 2. The first-order chi connectivity index (χ1) is 14.5. The van der Waals surface area contributed by atoms with Gasteiger partial charge < -0.3 is 14.5 Å². The van der Waals surface area contributed by atoms with Crippen LogP contribution >= 0.6 is 0 Å². The van der Waals surface area contributed by atoms with E-state index in [1.807, 2.05) is 54.6 Å². The fourth-order valence-corrected chi connectivity index (χ4v) is 5.63. The van der Waals surface area contributed by atoms with Crippen molar-refractivity contribution in [1.82, 2.24) is 0 Å². The van der Waals surface area contributed by atoms with E-state index in [0.29, 0.717) is 6.61 Å². The largest absolute Gasteiger partial charge is 0.465 e. The van der Waals surface area contributed by atoms with E-state index in [2.05, 4.69) is 39.2 Å². The molecule has 2 heterocycles. The number of carbonyl (C=O) groups excluding carboxylic acids is 2. The minimum absolute atomic E-state index is 0.00833. The molecule has 2 aliphatic rings. The van der Waals surface area contributed by atoms with Gasteiger partial charge in [-0.1, -0.05) is 69.3 Å². The molecule has 0 bridgehead atoms. The summed E-state index contributed by atoms with van der Waals surface area (Å²) in [6, 6.07) is 17.6. The van der Waals surface area contributed by atoms with Crippen molar-refractivity contribution in [2.24, 2.45) is 0 Å². The van der Waals surface area contributed by atoms with Crippen LogP contribution < -0.4 is 5.32 Å². The van der Waals surface area contributed by atoms with Crippen LogP contribution in [0.4, 0.5) is 5.69 Å². The molecule has 164 valence electrons. The molecule has 1 spiro atoms. The van der Waals surface area contributed by atoms with Gasteiger partial charge in [-0.05, 0) is 35.3 Å². The van der Waals surface area contributed by atoms with Crippen LogP contribution in [0.25, 0.3) is 0 Å². The van der Waals surface area contributed by atoms with E-state index in [1.54, 1.807) is 0 Å². The molecule has 2 aromatic rings. The molecular formula is C25H31NO4Si. The van der Waals surface area contributed by atoms with E-state index in [9.17, 15) is 9.59 Å². The summed E-state index contributed by atoms with van der Waals surface area (Å²) < 4.78 is 12.4. The summed E-state index contributed by atoms with van der Waals surface area (Å²) in [5, 5.41) is 3.05. The zero-order valence-corrected chi connectivity index (χ0v) is 20.0. The van der Waals surface area contributed by atoms with Crippen molar-refractivity contribution in [3.63, 3.8) is 0 Å². The lowest BCUT2D eigenvalue weighted by atomic mass is 9.55. The van der Waals surface area contributed by atoms with Crippen LogP contribution in [0.15, 0.2) is 54.6 Å². The third-order valence-corrected chi connectivity index (χ3v) is 12.0. The van der Waals surface area contributed by atoms with E-state index in [-0.39, 0.29) is 29.9 Å². The average Bonchev–Trinajstić information content (AvgIpc) is 3.00. The van der Waals surface area contributed by atoms with Gasteiger partial charge in [0, 0.05) is 12.3 Å². The third kappa shape index (κ3) is 3.24. The normalized spacial score (nSPS) is 25.8. The number of ether oxygens (including phenoxy) is 1. The number of hydrogen-bond donors (Lipinski definition) is 1. The second-order valence-electron chi connectivity index (χ2n) is 10.2. The van der Waals surface area contributed by atoms with Gasteiger partial charge in [0.15, 0.2) is 8.32 Å². The molecule has 5 nitrogen and oxygen atoms in total. The maximum atomic E-state index is 13.7. The van der Waals surface area contributed by atoms with Crippen LogP contribution in [0.1, 0.15) is 38.3 Å². The zero-order chi connectivity index (χ0) is 22.5. The number of anilines is 1. The number of benzene rings is 2. The van der Waals surface area contributed by atoms with E-state index in [1.165, 1.54) is 0 Å². The van der Waals surface area contributed by atoms with Gasteiger partial charge in [-0.2, -0.15) is 0 Å². The summed E-state index contributed by atoms with van der Waals surface area (Å²) in [4.78, 5) is 26.3. The van der Waals surface area contributed by atoms with E-state index >= 15 is 0 Å². The Morgan fingerprint density at radius 3 is 2.35 bits per heavy atom. The van der Waals surface area contributed by atoms with Gasteiger partial charge in [0.05, 0.1) is 11.8 Å². The number of carbonyl (C=O) groups is 2. The minimum Gasteiger partial charge on any atom is -0.465 e. The first-order valence-corrected chi connectivity index (χ1v) is 13.7. The summed E-state index contributed by atoms with van der Waals surface area (Å²) >= 11 is 0. The molecule has 6 heteroatoms. The fourth-order valence-electron chi connectivity index (χ4n) is 4.59. The number of nitrogens with one attached hydrogen (secondary N) is 1. The third-order valence-electron chi connectivity index (χ3n) is 7.54. The lowest BCUT2D eigenvalue weighted by Gasteiger charge is -2.51. The van der Waals surface area contributed by atoms with Crippen LogP contribution in [0.2, 0.25) is 18.1 Å². The number of rotatable bonds is 4. The van der Waals surface area contributed by atoms with E-state index < -0.39 is 19.1 Å². The van der Waals surface area contributed by atoms with E-state index in [0.717, 1.165) is 16.8 Å². The van der Waals surface area contributed by atoms with Crippen molar-refractivity contribution in [1.29, 1.82) is 0 Å². The van der Waals surface area contributed by atoms with Crippen LogP contribution in [-0.4, -0.2) is 33.4 Å². The second-order valence-corrected chi connectivity index (χ2v) is 15.0. The molecule has 2 atom stereocenters. The molecule has 0 unspecified atom stereocenters. The molecule has 1 amide bonds. The Morgan fingerprint density at radius 1 is 1.03 bits per heavy atom. The Labute approximate surface area is 185 Å². The van der Waals surface area contributed by atoms with Crippen molar-refractivity contribution in [2.45, 2.75) is 56.2 Å². The molecule has 1 fully saturated rings. The molecule has 2 aliphatic heterocycles. The standard InChI is InChI=1S/C25H31NO4Si/c1-23(2,3)31(4,5)30-17-24(18-11-7-6-8-12-18)16-29-21(27)15-25(24)19-13-9-10-14-20(19)26-22(25)28/h6-14H,15-17H2,1-5H3,(H,26,28)/t24-,25+/m0/s1. The highest BCUT2D eigenvalue weighted by Gasteiger charge is 2.66. The minimum atomic E-state index is -2.14. The van der Waals surface area contributed by atoms with Gasteiger partial charge in [-0.15, -0.1) is 0 Å². The topological polar surface area (TPSA) is 64.6 Å². The molecule has 31 heavy (non-hydrogen) atoms. The first kappa shape index (κ1) is 21.8. The lowest BCUT2D eigenvalue weighted by Crippen LogP contribution is -2.63. The molecular weight excluding hydrogens is 406 g/mol. The highest BCUT2D eigenvalue weighted by Crippen LogP contribution is 2.56. The van der Waals surface area contributed by atoms with Gasteiger partial charge in [-0.3, -0.25) is 9.59 Å². The summed E-state index contributed by atoms with van der Waals surface area (Å²) in [5.74, 6) is -0.515. The highest BCUT2D eigenvalue weighted by atomic mass is 28.4. The summed E-state index contributed by atoms with van der Waals surface area (Å²) in [5.41, 5.74) is 0.652. The van der Waals surface area contributed by atoms with Gasteiger partial charge >= 0.3 is 5.97 Å². The molecule has 1 saturated heterocycles. The summed E-state index contributed by atoms with van der Waals surface area (Å²) in [7, 11) is -2.14. The van der Waals surface area contributed by atoms with Gasteiger partial charge in [0.1, 0.15) is 12.0 Å². The predicted octanol–water partition coefficient (Wildman–Crippen LogP) is 4.78. The fraction of sp³-hybridized carbons (Fsp3) is 0.440. The maximum absolute atomic E-state index is 13.7. The highest BCUT2D eigenvalue weighted by molar-refractivity contribution is 6.74. The van der Waals surface area contributed by atoms with Gasteiger partial charge in [-0.25, -0.2) is 0 Å². The van der Waals surface area contributed by atoms with Crippen molar-refractivity contribution >= 4 is 25.9 Å². The van der Waals surface area contributed by atoms with Crippen LogP contribution in [-0.2, 0) is 29.6 Å². The Bertz CT molecular complexity index is 1010. The van der Waals surface area contributed by atoms with Crippen molar-refractivity contribution < 1.29 is 18.8 Å². The Balaban J connectivity index is 1.93. The van der Waals surface area contributed by atoms with Gasteiger partial charge in [0.25, 0.3) is 0 Å². The molecule has 2 aromatic carbocycles. The van der Waals surface area contributed by atoms with Gasteiger partial charge in [0.2, 0.25) is 5.91 Å². The molecule has 0 radical (unpaired) electrons. The maximum Gasteiger partial charge on any atom is 0.307 e. The molecule has 0 aromatic heterocycles. The Morgan fingerprint density at radius 2 is 1.68 bits per heavy atom. The Hall–Kier alpha value is -2.44. The molecule has 0 aliphatic carbocycles. The number of esters is 1. The van der Waals surface area contributed by atoms with Crippen LogP contribution in [0.5, 0.6) is 0 Å². The Kier molecular flexibility index (Phi) is 5.14. The van der Waals surface area contributed by atoms with Crippen LogP contribution in [0, 0.1) is 0 Å². The summed E-state index contributed by atoms with van der Waals surface area (Å²) in [6.07, 6.45) is -0.00833. The zero-order valence-electron chi connectivity index (χ0n) is 19.0. The number of hydrogen-bond acceptors (Lipinski definition) is 4. The lowest BCUT2D eigenvalue weighted by molar-refractivity contribution is -0.162. The SMILES string of the molecule is CC(C)(C)[Si](C)(C)OC[C@]1(c2ccccc2)COC(=O)C[C@@]12C(=O)Nc1ccccc12. The summed E-state index contributed by atoms with van der Waals surface area (Å²) in [6.45, 7) is 11.4. The van der Waals surface area contributed by atoms with Crippen molar-refractivity contribution in [2.75, 3.05) is 18.5 Å². The second kappa shape index (κ2) is 7.31. The average molecular weight is 438 g/mol. The number of amides is 1. The first-order valence-electron chi connectivity index (χ1n) is 10.8. The van der Waals surface area contributed by atoms with E-state index in [4.69, 9.17) is 9.16 Å². The van der Waals surface area contributed by atoms with Crippen molar-refractivity contribution in [3.8, 4) is 0 Å². The quantitative estimate of drug-likeness (QED) is 0.552. The number of cyclic esters (lactones) is 1. The molecule has 1 N–H and O–H groups in total. The predicted molar refractivity (Wildman–Crippen MR) is 124 cm³/mol. The smallest absolute Gasteiger partial charge is 0.307 e. The monoisotopic (exact) mass is 437 g/mol.